The molecule has 0 aromatic rings. The summed E-state index contributed by atoms with van der Waals surface area (Å²) in [6.07, 6.45) is 2.62. The maximum absolute atomic E-state index is 11.2. The van der Waals surface area contributed by atoms with Crippen LogP contribution in [0.1, 0.15) is 19.3 Å². The third kappa shape index (κ3) is 2.93. The summed E-state index contributed by atoms with van der Waals surface area (Å²) in [5.74, 6) is -1.46. The highest BCUT2D eigenvalue weighted by atomic mass is 16.5. The second-order valence-corrected chi connectivity index (χ2v) is 3.49. The predicted octanol–water partition coefficient (Wildman–Crippen LogP) is 0.642. The summed E-state index contributed by atoms with van der Waals surface area (Å²) in [7, 11) is 1.31. The van der Waals surface area contributed by atoms with E-state index in [2.05, 4.69) is 4.74 Å². The van der Waals surface area contributed by atoms with Crippen LogP contribution >= 0.6 is 0 Å². The molecule has 1 atom stereocenters. The van der Waals surface area contributed by atoms with E-state index in [-0.39, 0.29) is 12.4 Å². The maximum atomic E-state index is 11.2. The minimum absolute atomic E-state index is 0.241. The molecule has 0 aromatic heterocycles. The van der Waals surface area contributed by atoms with Crippen molar-refractivity contribution in [2.75, 3.05) is 7.11 Å². The van der Waals surface area contributed by atoms with E-state index in [0.717, 1.165) is 0 Å². The number of methoxy groups -OCH3 is 1. The van der Waals surface area contributed by atoms with Crippen molar-refractivity contribution in [3.05, 3.63) is 23.5 Å². The molecule has 16 heavy (non-hydrogen) atoms. The number of aliphatic hydroxyl groups excluding tert-OH is 2. The fourth-order valence-electron chi connectivity index (χ4n) is 1.43. The molecule has 0 saturated carbocycles. The molecule has 0 fully saturated rings. The number of carbonyl (C=O) groups excluding carboxylic acids is 2. The maximum Gasteiger partial charge on any atom is 0.305 e. The average molecular weight is 226 g/mol. The Morgan fingerprint density at radius 3 is 2.81 bits per heavy atom. The predicted molar refractivity (Wildman–Crippen MR) is 55.7 cm³/mol. The van der Waals surface area contributed by atoms with Crippen LogP contribution in [-0.4, -0.2) is 35.2 Å². The van der Waals surface area contributed by atoms with E-state index in [9.17, 15) is 14.7 Å². The second kappa shape index (κ2) is 5.46. The van der Waals surface area contributed by atoms with Crippen LogP contribution in [0.5, 0.6) is 0 Å². The van der Waals surface area contributed by atoms with Crippen molar-refractivity contribution in [3.63, 3.8) is 0 Å². The van der Waals surface area contributed by atoms with Gasteiger partial charge >= 0.3 is 5.97 Å². The van der Waals surface area contributed by atoms with Gasteiger partial charge in [-0.1, -0.05) is 6.08 Å². The van der Waals surface area contributed by atoms with E-state index in [1.807, 2.05) is 0 Å². The SMILES string of the molecule is COC(=O)CCCC1=CC=C(O)C(=O)C1O. The largest absolute Gasteiger partial charge is 0.504 e. The lowest BCUT2D eigenvalue weighted by atomic mass is 9.95. The molecular formula is C11H14O5. The molecule has 0 bridgehead atoms. The normalized spacial score (nSPS) is 20.1. The summed E-state index contributed by atoms with van der Waals surface area (Å²) < 4.78 is 4.46. The summed E-state index contributed by atoms with van der Waals surface area (Å²) in [5.41, 5.74) is 0.506. The van der Waals surface area contributed by atoms with Crippen LogP contribution in [0, 0.1) is 0 Å². The number of ketones is 1. The van der Waals surface area contributed by atoms with Crippen molar-refractivity contribution in [1.82, 2.24) is 0 Å². The molecule has 0 aliphatic heterocycles. The van der Waals surface area contributed by atoms with Crippen molar-refractivity contribution >= 4 is 11.8 Å². The Bertz CT molecular complexity index is 353. The highest BCUT2D eigenvalue weighted by Gasteiger charge is 2.25. The monoisotopic (exact) mass is 226 g/mol. The van der Waals surface area contributed by atoms with Crippen LogP contribution in [0.4, 0.5) is 0 Å². The zero-order valence-corrected chi connectivity index (χ0v) is 8.97. The number of hydrogen-bond donors (Lipinski definition) is 2. The Hall–Kier alpha value is -1.62. The van der Waals surface area contributed by atoms with Gasteiger partial charge in [0.15, 0.2) is 5.76 Å². The van der Waals surface area contributed by atoms with Gasteiger partial charge in [-0.15, -0.1) is 0 Å². The van der Waals surface area contributed by atoms with Gasteiger partial charge < -0.3 is 14.9 Å². The van der Waals surface area contributed by atoms with Gasteiger partial charge in [0.1, 0.15) is 6.10 Å². The van der Waals surface area contributed by atoms with Crippen molar-refractivity contribution in [1.29, 1.82) is 0 Å². The smallest absolute Gasteiger partial charge is 0.305 e. The lowest BCUT2D eigenvalue weighted by molar-refractivity contribution is -0.140. The summed E-state index contributed by atoms with van der Waals surface area (Å²) in [6, 6.07) is 0. The number of carbonyl (C=O) groups is 2. The van der Waals surface area contributed by atoms with Crippen LogP contribution in [-0.2, 0) is 14.3 Å². The molecule has 0 radical (unpaired) electrons. The molecule has 0 amide bonds. The molecule has 1 aliphatic carbocycles. The van der Waals surface area contributed by atoms with Crippen molar-refractivity contribution in [3.8, 4) is 0 Å². The number of ether oxygens (including phenoxy) is 1. The molecule has 1 aliphatic rings. The van der Waals surface area contributed by atoms with E-state index in [1.165, 1.54) is 19.3 Å². The zero-order valence-electron chi connectivity index (χ0n) is 8.97. The Morgan fingerprint density at radius 2 is 2.19 bits per heavy atom. The van der Waals surface area contributed by atoms with Crippen LogP contribution < -0.4 is 0 Å². The van der Waals surface area contributed by atoms with Gasteiger partial charge in [0.25, 0.3) is 0 Å². The minimum Gasteiger partial charge on any atom is -0.504 e. The van der Waals surface area contributed by atoms with E-state index < -0.39 is 17.6 Å². The topological polar surface area (TPSA) is 83.8 Å². The summed E-state index contributed by atoms with van der Waals surface area (Å²) in [4.78, 5) is 22.0. The third-order valence-electron chi connectivity index (χ3n) is 2.38. The quantitative estimate of drug-likeness (QED) is 0.687. The second-order valence-electron chi connectivity index (χ2n) is 3.49. The highest BCUT2D eigenvalue weighted by Crippen LogP contribution is 2.19. The Labute approximate surface area is 93.0 Å². The lowest BCUT2D eigenvalue weighted by Crippen LogP contribution is -2.26. The number of hydrogen-bond acceptors (Lipinski definition) is 5. The Kier molecular flexibility index (Phi) is 4.25. The Morgan fingerprint density at radius 1 is 1.50 bits per heavy atom. The van der Waals surface area contributed by atoms with Crippen molar-refractivity contribution in [2.24, 2.45) is 0 Å². The Balaban J connectivity index is 2.49. The number of allylic oxidation sites excluding steroid dienone is 2. The summed E-state index contributed by atoms with van der Waals surface area (Å²) in [6.45, 7) is 0. The number of rotatable bonds is 4. The first-order chi connectivity index (χ1) is 7.56. The average Bonchev–Trinajstić information content (AvgIpc) is 2.29. The molecule has 5 heteroatoms. The molecule has 1 unspecified atom stereocenters. The van der Waals surface area contributed by atoms with Crippen LogP contribution in [0.15, 0.2) is 23.5 Å². The fourth-order valence-corrected chi connectivity index (χ4v) is 1.43. The van der Waals surface area contributed by atoms with Crippen LogP contribution in [0.3, 0.4) is 0 Å². The standard InChI is InChI=1S/C11H14O5/c1-16-9(13)4-2-3-7-5-6-8(12)11(15)10(7)14/h5-6,10,12,14H,2-4H2,1H3. The van der Waals surface area contributed by atoms with E-state index in [4.69, 9.17) is 5.11 Å². The molecule has 0 saturated heterocycles. The lowest BCUT2D eigenvalue weighted by Gasteiger charge is -2.16. The van der Waals surface area contributed by atoms with Crippen LogP contribution in [0.2, 0.25) is 0 Å². The summed E-state index contributed by atoms with van der Waals surface area (Å²) >= 11 is 0. The van der Waals surface area contributed by atoms with E-state index in [1.54, 1.807) is 0 Å². The minimum atomic E-state index is -1.29. The third-order valence-corrected chi connectivity index (χ3v) is 2.38. The zero-order chi connectivity index (χ0) is 12.1. The summed E-state index contributed by atoms with van der Waals surface area (Å²) in [5, 5.41) is 18.5. The molecule has 0 heterocycles. The van der Waals surface area contributed by atoms with Gasteiger partial charge in [-0.25, -0.2) is 0 Å². The van der Waals surface area contributed by atoms with Gasteiger partial charge in [-0.3, -0.25) is 9.59 Å². The first-order valence-corrected chi connectivity index (χ1v) is 4.95. The van der Waals surface area contributed by atoms with Crippen molar-refractivity contribution < 1.29 is 24.5 Å². The molecule has 88 valence electrons. The number of esters is 1. The van der Waals surface area contributed by atoms with Crippen molar-refractivity contribution in [2.45, 2.75) is 25.4 Å². The van der Waals surface area contributed by atoms with Gasteiger partial charge in [0.2, 0.25) is 5.78 Å². The molecule has 0 spiro atoms. The first-order valence-electron chi connectivity index (χ1n) is 4.95. The number of Topliss-reactive ketones (excluding diaryl/α,β-unsaturated/α-hetero) is 1. The fraction of sp³-hybridized carbons (Fsp3) is 0.455. The molecule has 5 nitrogen and oxygen atoms in total. The molecule has 0 aromatic carbocycles. The van der Waals surface area contributed by atoms with E-state index in [0.29, 0.717) is 18.4 Å². The molecular weight excluding hydrogens is 212 g/mol. The van der Waals surface area contributed by atoms with E-state index >= 15 is 0 Å². The number of aliphatic hydroxyl groups is 2. The van der Waals surface area contributed by atoms with Gasteiger partial charge in [0.05, 0.1) is 7.11 Å². The van der Waals surface area contributed by atoms with Gasteiger partial charge in [-0.05, 0) is 24.5 Å². The van der Waals surface area contributed by atoms with Gasteiger partial charge in [0, 0.05) is 6.42 Å². The highest BCUT2D eigenvalue weighted by molar-refractivity contribution is 6.00. The first kappa shape index (κ1) is 12.4. The van der Waals surface area contributed by atoms with Crippen LogP contribution in [0.25, 0.3) is 0 Å². The molecule has 2 N–H and O–H groups in total. The van der Waals surface area contributed by atoms with Gasteiger partial charge in [-0.2, -0.15) is 0 Å². The molecule has 1 rings (SSSR count).